The van der Waals surface area contributed by atoms with E-state index in [2.05, 4.69) is 41.2 Å². The number of nitrogens with zero attached hydrogens (tertiary/aromatic N) is 1. The highest BCUT2D eigenvalue weighted by atomic mass is 32.2. The number of hydrogen-bond donors (Lipinski definition) is 3. The minimum absolute atomic E-state index is 0.0802. The average molecular weight is 525 g/mol. The molecular formula is C29H40N4O3S. The highest BCUT2D eigenvalue weighted by Crippen LogP contribution is 2.51. The van der Waals surface area contributed by atoms with Crippen molar-refractivity contribution >= 4 is 29.5 Å². The average Bonchev–Trinajstić information content (AvgIpc) is 3.13. The maximum absolute atomic E-state index is 14.2. The predicted octanol–water partition coefficient (Wildman–Crippen LogP) is 3.48. The van der Waals surface area contributed by atoms with E-state index in [0.29, 0.717) is 25.7 Å². The van der Waals surface area contributed by atoms with Crippen LogP contribution in [0.2, 0.25) is 0 Å². The highest BCUT2D eigenvalue weighted by Gasteiger charge is 2.57. The molecule has 1 aliphatic carbocycles. The zero-order valence-electron chi connectivity index (χ0n) is 22.0. The summed E-state index contributed by atoms with van der Waals surface area (Å²) in [6.45, 7) is 9.74. The van der Waals surface area contributed by atoms with Crippen molar-refractivity contribution < 1.29 is 14.4 Å². The Morgan fingerprint density at radius 1 is 1.16 bits per heavy atom. The van der Waals surface area contributed by atoms with Crippen molar-refractivity contribution in [1.82, 2.24) is 20.9 Å². The van der Waals surface area contributed by atoms with Gasteiger partial charge in [0.15, 0.2) is 0 Å². The van der Waals surface area contributed by atoms with Crippen molar-refractivity contribution in [3.05, 3.63) is 60.7 Å². The molecule has 0 saturated carbocycles. The molecule has 1 aromatic carbocycles. The number of fused-ring (bicyclic) bond motifs is 2. The normalized spacial score (nSPS) is 27.3. The first-order chi connectivity index (χ1) is 17.8. The molecule has 3 N–H and O–H groups in total. The molecule has 7 nitrogen and oxygen atoms in total. The lowest BCUT2D eigenvalue weighted by atomic mass is 9.73. The van der Waals surface area contributed by atoms with Crippen molar-refractivity contribution in [1.29, 1.82) is 0 Å². The third-order valence-electron chi connectivity index (χ3n) is 8.20. The molecule has 0 bridgehead atoms. The van der Waals surface area contributed by atoms with Gasteiger partial charge in [-0.2, -0.15) is 0 Å². The summed E-state index contributed by atoms with van der Waals surface area (Å²) in [6, 6.07) is 6.47. The van der Waals surface area contributed by atoms with Gasteiger partial charge in [0.1, 0.15) is 12.1 Å². The third-order valence-corrected chi connectivity index (χ3v) is 9.45. The lowest BCUT2D eigenvalue weighted by molar-refractivity contribution is -0.144. The Kier molecular flexibility index (Phi) is 8.80. The minimum atomic E-state index is -0.665. The fourth-order valence-corrected chi connectivity index (χ4v) is 7.70. The predicted molar refractivity (Wildman–Crippen MR) is 149 cm³/mol. The van der Waals surface area contributed by atoms with Crippen LogP contribution in [0.1, 0.15) is 62.6 Å². The van der Waals surface area contributed by atoms with Crippen LogP contribution in [0.15, 0.2) is 49.6 Å². The van der Waals surface area contributed by atoms with Gasteiger partial charge in [-0.1, -0.05) is 36.4 Å². The molecule has 4 rings (SSSR count). The van der Waals surface area contributed by atoms with Gasteiger partial charge in [-0.15, -0.1) is 24.9 Å². The third kappa shape index (κ3) is 5.50. The van der Waals surface area contributed by atoms with Crippen molar-refractivity contribution in [3.8, 4) is 0 Å². The first-order valence-electron chi connectivity index (χ1n) is 13.4. The number of hydrogen-bond acceptors (Lipinski definition) is 5. The zero-order valence-corrected chi connectivity index (χ0v) is 22.8. The molecule has 1 aromatic rings. The maximum Gasteiger partial charge on any atom is 0.246 e. The van der Waals surface area contributed by atoms with E-state index in [4.69, 9.17) is 0 Å². The number of allylic oxidation sites excluding steroid dienone is 2. The standard InChI is InChI=1S/C29H40N4O3S/c1-5-15-29(16-6-2)18-24-33(28(36)23(14-17-37-24)32-26(34)19(3)30-4)25(29)27(35)31-22-13-9-11-20-10-7-8-12-21(20)22/h5-8,10,12,19,22-25,30H,1-2,9,11,13-18H2,3-4H3,(H,31,35)(H,32,34)/t19?,22-,23+,24+,25?/m1/s1. The SMILES string of the molecule is C=CCC1(CC=C)C[C@@H]2SCC[C@H](NC(=O)C(C)NC)C(=O)N2C1C(=O)N[C@@H]1CCCc2ccccc21. The van der Waals surface area contributed by atoms with E-state index in [0.717, 1.165) is 30.6 Å². The summed E-state index contributed by atoms with van der Waals surface area (Å²) in [5.41, 5.74) is 1.95. The molecule has 2 heterocycles. The van der Waals surface area contributed by atoms with Gasteiger partial charge in [-0.25, -0.2) is 0 Å². The summed E-state index contributed by atoms with van der Waals surface area (Å²) in [4.78, 5) is 42.7. The number of carbonyl (C=O) groups excluding carboxylic acids is 3. The van der Waals surface area contributed by atoms with Gasteiger partial charge in [0.05, 0.1) is 17.5 Å². The zero-order chi connectivity index (χ0) is 26.6. The van der Waals surface area contributed by atoms with Crippen LogP contribution in [-0.2, 0) is 20.8 Å². The Balaban J connectivity index is 1.67. The van der Waals surface area contributed by atoms with E-state index in [-0.39, 0.29) is 29.1 Å². The Labute approximate surface area is 224 Å². The second-order valence-electron chi connectivity index (χ2n) is 10.5. The minimum Gasteiger partial charge on any atom is -0.347 e. The van der Waals surface area contributed by atoms with E-state index in [1.807, 2.05) is 24.3 Å². The molecule has 8 heteroatoms. The molecule has 200 valence electrons. The van der Waals surface area contributed by atoms with Gasteiger partial charge >= 0.3 is 0 Å². The molecule has 2 unspecified atom stereocenters. The fourth-order valence-electron chi connectivity index (χ4n) is 6.22. The molecule has 2 fully saturated rings. The van der Waals surface area contributed by atoms with Crippen LogP contribution >= 0.6 is 11.8 Å². The number of amides is 3. The molecule has 0 spiro atoms. The number of likely N-dealkylation sites (N-methyl/N-ethyl adjacent to an activating group) is 1. The Morgan fingerprint density at radius 2 is 1.89 bits per heavy atom. The second kappa shape index (κ2) is 11.9. The lowest BCUT2D eigenvalue weighted by Gasteiger charge is -2.38. The van der Waals surface area contributed by atoms with Gasteiger partial charge in [0, 0.05) is 5.41 Å². The largest absolute Gasteiger partial charge is 0.347 e. The summed E-state index contributed by atoms with van der Waals surface area (Å²) in [5, 5.41) is 9.07. The van der Waals surface area contributed by atoms with E-state index < -0.39 is 23.5 Å². The van der Waals surface area contributed by atoms with Crippen LogP contribution in [0.5, 0.6) is 0 Å². The Hall–Kier alpha value is -2.58. The smallest absolute Gasteiger partial charge is 0.246 e. The summed E-state index contributed by atoms with van der Waals surface area (Å²) in [7, 11) is 1.72. The number of benzene rings is 1. The topological polar surface area (TPSA) is 90.5 Å². The van der Waals surface area contributed by atoms with E-state index in [1.165, 1.54) is 5.56 Å². The molecule has 3 aliphatic rings. The molecular weight excluding hydrogens is 484 g/mol. The molecule has 37 heavy (non-hydrogen) atoms. The van der Waals surface area contributed by atoms with Crippen LogP contribution in [0.4, 0.5) is 0 Å². The van der Waals surface area contributed by atoms with Crippen molar-refractivity contribution in [3.63, 3.8) is 0 Å². The van der Waals surface area contributed by atoms with Crippen molar-refractivity contribution in [2.24, 2.45) is 5.41 Å². The summed E-state index contributed by atoms with van der Waals surface area (Å²) < 4.78 is 0. The summed E-state index contributed by atoms with van der Waals surface area (Å²) in [6.07, 6.45) is 9.05. The van der Waals surface area contributed by atoms with E-state index in [1.54, 1.807) is 30.6 Å². The summed E-state index contributed by atoms with van der Waals surface area (Å²) in [5.74, 6) is 0.212. The van der Waals surface area contributed by atoms with E-state index in [9.17, 15) is 14.4 Å². The van der Waals surface area contributed by atoms with Crippen molar-refractivity contribution in [2.75, 3.05) is 12.8 Å². The van der Waals surface area contributed by atoms with Crippen LogP contribution in [0.25, 0.3) is 0 Å². The van der Waals surface area contributed by atoms with Crippen LogP contribution in [0.3, 0.4) is 0 Å². The molecule has 2 aliphatic heterocycles. The quantitative estimate of drug-likeness (QED) is 0.431. The second-order valence-corrected chi connectivity index (χ2v) is 11.8. The molecule has 0 aromatic heterocycles. The fraction of sp³-hybridized carbons (Fsp3) is 0.552. The van der Waals surface area contributed by atoms with Crippen LogP contribution in [-0.4, -0.2) is 58.9 Å². The number of aryl methyl sites for hydroxylation is 1. The van der Waals surface area contributed by atoms with E-state index >= 15 is 0 Å². The lowest BCUT2D eigenvalue weighted by Crippen LogP contribution is -2.58. The maximum atomic E-state index is 14.2. The monoisotopic (exact) mass is 524 g/mol. The number of thioether (sulfide) groups is 1. The number of carbonyl (C=O) groups is 3. The van der Waals surface area contributed by atoms with Gasteiger partial charge < -0.3 is 20.9 Å². The van der Waals surface area contributed by atoms with Crippen molar-refractivity contribution in [2.45, 2.75) is 81.4 Å². The first kappa shape index (κ1) is 27.5. The van der Waals surface area contributed by atoms with Gasteiger partial charge in [-0.3, -0.25) is 14.4 Å². The van der Waals surface area contributed by atoms with Gasteiger partial charge in [-0.05, 0) is 75.8 Å². The van der Waals surface area contributed by atoms with Gasteiger partial charge in [0.2, 0.25) is 17.7 Å². The Morgan fingerprint density at radius 3 is 2.59 bits per heavy atom. The molecule has 0 radical (unpaired) electrons. The summed E-state index contributed by atoms with van der Waals surface area (Å²) >= 11 is 1.70. The van der Waals surface area contributed by atoms with Crippen LogP contribution < -0.4 is 16.0 Å². The number of nitrogens with one attached hydrogen (secondary N) is 3. The van der Waals surface area contributed by atoms with Crippen LogP contribution in [0, 0.1) is 5.41 Å². The van der Waals surface area contributed by atoms with Gasteiger partial charge in [0.25, 0.3) is 0 Å². The first-order valence-corrected chi connectivity index (χ1v) is 14.4. The Bertz CT molecular complexity index is 1030. The molecule has 3 amide bonds. The number of rotatable bonds is 9. The molecule has 5 atom stereocenters. The highest BCUT2D eigenvalue weighted by molar-refractivity contribution is 7.99. The molecule has 2 saturated heterocycles.